The normalized spacial score (nSPS) is 16.2. The molecule has 0 amide bonds. The first-order valence-corrected chi connectivity index (χ1v) is 10.8. The number of benzene rings is 1. The van der Waals surface area contributed by atoms with Crippen LogP contribution in [0.5, 0.6) is 0 Å². The lowest BCUT2D eigenvalue weighted by molar-refractivity contribution is 0.0601. The van der Waals surface area contributed by atoms with Gasteiger partial charge in [-0.15, -0.1) is 0 Å². The third-order valence-electron chi connectivity index (χ3n) is 5.85. The number of hydrogen-bond acceptors (Lipinski definition) is 6. The number of ether oxygens (including phenoxy) is 2. The molecule has 2 aromatic rings. The Kier molecular flexibility index (Phi) is 7.87. The van der Waals surface area contributed by atoms with Crippen LogP contribution in [-0.4, -0.2) is 38.3 Å². The van der Waals surface area contributed by atoms with Gasteiger partial charge in [-0.25, -0.2) is 9.18 Å². The van der Waals surface area contributed by atoms with Crippen molar-refractivity contribution in [2.24, 2.45) is 5.92 Å². The monoisotopic (exact) mass is 451 g/mol. The first kappa shape index (κ1) is 24.0. The minimum absolute atomic E-state index is 0.128. The Labute approximate surface area is 194 Å². The van der Waals surface area contributed by atoms with Gasteiger partial charge < -0.3 is 19.7 Å². The third-order valence-corrected chi connectivity index (χ3v) is 5.85. The van der Waals surface area contributed by atoms with Gasteiger partial charge in [-0.3, -0.25) is 4.98 Å². The molecule has 1 aliphatic rings. The summed E-state index contributed by atoms with van der Waals surface area (Å²) in [7, 11) is 3.25. The second kappa shape index (κ2) is 10.8. The first-order valence-electron chi connectivity index (χ1n) is 10.8. The lowest BCUT2D eigenvalue weighted by atomic mass is 9.92. The molecule has 0 radical (unpaired) electrons. The second-order valence-electron chi connectivity index (χ2n) is 7.93. The molecule has 0 spiro atoms. The fraction of sp³-hybridized carbons (Fsp3) is 0.308. The molecular formula is C26H30FN3O3. The molecule has 33 heavy (non-hydrogen) atoms. The average molecular weight is 452 g/mol. The highest BCUT2D eigenvalue weighted by Gasteiger charge is 2.23. The summed E-state index contributed by atoms with van der Waals surface area (Å²) < 4.78 is 24.8. The highest BCUT2D eigenvalue weighted by Crippen LogP contribution is 2.30. The minimum Gasteiger partial charge on any atom is -0.493 e. The topological polar surface area (TPSA) is 63.7 Å². The van der Waals surface area contributed by atoms with E-state index in [1.807, 2.05) is 31.0 Å². The lowest BCUT2D eigenvalue weighted by Gasteiger charge is -2.28. The number of allylic oxidation sites excluding steroid dienone is 3. The van der Waals surface area contributed by atoms with E-state index >= 15 is 0 Å². The van der Waals surface area contributed by atoms with Crippen LogP contribution < -0.4 is 10.2 Å². The number of methoxy groups -OCH3 is 1. The number of hydrogen-bond donors (Lipinski definition) is 1. The van der Waals surface area contributed by atoms with Gasteiger partial charge in [0.1, 0.15) is 11.6 Å². The van der Waals surface area contributed by atoms with Crippen molar-refractivity contribution in [2.45, 2.75) is 20.3 Å². The molecule has 1 atom stereocenters. The summed E-state index contributed by atoms with van der Waals surface area (Å²) in [4.78, 5) is 18.1. The van der Waals surface area contributed by atoms with Crippen molar-refractivity contribution < 1.29 is 18.7 Å². The van der Waals surface area contributed by atoms with Crippen molar-refractivity contribution in [1.82, 2.24) is 4.98 Å². The zero-order valence-electron chi connectivity index (χ0n) is 19.5. The molecule has 0 fully saturated rings. The SMILES string of the molecule is C=CC1=C(/C=C(\C)N(C)c2ccc(C)c(F)c2)OCC[C@H]1CNc1cnccc1C(=O)OC. The Morgan fingerprint density at radius 3 is 2.91 bits per heavy atom. The summed E-state index contributed by atoms with van der Waals surface area (Å²) in [6.45, 7) is 8.82. The van der Waals surface area contributed by atoms with Gasteiger partial charge in [-0.1, -0.05) is 18.7 Å². The van der Waals surface area contributed by atoms with Crippen molar-refractivity contribution >= 4 is 17.3 Å². The Balaban J connectivity index is 1.81. The van der Waals surface area contributed by atoms with Crippen LogP contribution in [0.2, 0.25) is 0 Å². The summed E-state index contributed by atoms with van der Waals surface area (Å²) in [5, 5.41) is 3.32. The zero-order valence-corrected chi connectivity index (χ0v) is 19.5. The van der Waals surface area contributed by atoms with Gasteiger partial charge >= 0.3 is 5.97 Å². The van der Waals surface area contributed by atoms with Crippen LogP contribution in [-0.2, 0) is 9.47 Å². The largest absolute Gasteiger partial charge is 0.493 e. The van der Waals surface area contributed by atoms with E-state index in [-0.39, 0.29) is 11.7 Å². The zero-order chi connectivity index (χ0) is 24.0. The van der Waals surface area contributed by atoms with E-state index in [1.165, 1.54) is 13.2 Å². The van der Waals surface area contributed by atoms with Crippen molar-refractivity contribution in [3.05, 3.63) is 89.4 Å². The molecule has 3 rings (SSSR count). The van der Waals surface area contributed by atoms with E-state index in [4.69, 9.17) is 9.47 Å². The second-order valence-corrected chi connectivity index (χ2v) is 7.93. The molecule has 1 aliphatic heterocycles. The molecular weight excluding hydrogens is 421 g/mol. The Hall–Kier alpha value is -3.61. The third kappa shape index (κ3) is 5.61. The highest BCUT2D eigenvalue weighted by molar-refractivity contribution is 5.95. The number of aryl methyl sites for hydroxylation is 1. The van der Waals surface area contributed by atoms with Crippen LogP contribution >= 0.6 is 0 Å². The molecule has 0 bridgehead atoms. The van der Waals surface area contributed by atoms with E-state index in [1.54, 1.807) is 37.5 Å². The molecule has 0 saturated carbocycles. The molecule has 1 N–H and O–H groups in total. The minimum atomic E-state index is -0.416. The average Bonchev–Trinajstić information content (AvgIpc) is 2.83. The van der Waals surface area contributed by atoms with Crippen LogP contribution in [0.25, 0.3) is 0 Å². The Morgan fingerprint density at radius 1 is 1.42 bits per heavy atom. The predicted octanol–water partition coefficient (Wildman–Crippen LogP) is 5.24. The number of rotatable bonds is 8. The van der Waals surface area contributed by atoms with Gasteiger partial charge in [-0.05, 0) is 55.7 Å². The fourth-order valence-corrected chi connectivity index (χ4v) is 3.69. The summed E-state index contributed by atoms with van der Waals surface area (Å²) in [5.41, 5.74) is 4.30. The Bertz CT molecular complexity index is 1090. The van der Waals surface area contributed by atoms with Crippen molar-refractivity contribution in [1.29, 1.82) is 0 Å². The van der Waals surface area contributed by atoms with Gasteiger partial charge in [0.2, 0.25) is 0 Å². The number of pyridine rings is 1. The van der Waals surface area contributed by atoms with E-state index in [0.29, 0.717) is 30.0 Å². The number of halogens is 1. The standard InChI is InChI=1S/C26H30FN3O3/c1-6-21-19(15-29-24-16-28-11-9-22(24)26(31)32-5)10-12-33-25(21)13-18(3)30(4)20-8-7-17(2)23(27)14-20/h6-9,11,13-14,16,19,29H,1,10,12,15H2,2-5H3/b18-13+/t19-/m0/s1. The maximum atomic E-state index is 14.0. The summed E-state index contributed by atoms with van der Waals surface area (Å²) in [6, 6.07) is 6.81. The lowest BCUT2D eigenvalue weighted by Crippen LogP contribution is -2.24. The number of carbonyl (C=O) groups excluding carboxylic acids is 1. The molecule has 174 valence electrons. The fourth-order valence-electron chi connectivity index (χ4n) is 3.69. The van der Waals surface area contributed by atoms with Crippen LogP contribution in [0.15, 0.2) is 72.4 Å². The van der Waals surface area contributed by atoms with Crippen molar-refractivity contribution in [3.8, 4) is 0 Å². The van der Waals surface area contributed by atoms with Crippen LogP contribution in [0.1, 0.15) is 29.3 Å². The molecule has 7 heteroatoms. The van der Waals surface area contributed by atoms with Gasteiger partial charge in [-0.2, -0.15) is 0 Å². The summed E-state index contributed by atoms with van der Waals surface area (Å²) in [5.74, 6) is 0.212. The van der Waals surface area contributed by atoms with Gasteiger partial charge in [0.05, 0.1) is 31.2 Å². The molecule has 0 saturated heterocycles. The Morgan fingerprint density at radius 2 is 2.21 bits per heavy atom. The molecule has 1 aromatic carbocycles. The van der Waals surface area contributed by atoms with E-state index in [9.17, 15) is 9.18 Å². The van der Waals surface area contributed by atoms with Crippen molar-refractivity contribution in [2.75, 3.05) is 37.5 Å². The highest BCUT2D eigenvalue weighted by atomic mass is 19.1. The quantitative estimate of drug-likeness (QED) is 0.554. The summed E-state index contributed by atoms with van der Waals surface area (Å²) in [6.07, 6.45) is 7.73. The number of nitrogens with one attached hydrogen (secondary N) is 1. The number of anilines is 2. The number of aromatic nitrogens is 1. The molecule has 0 unspecified atom stereocenters. The van der Waals surface area contributed by atoms with Crippen molar-refractivity contribution in [3.63, 3.8) is 0 Å². The smallest absolute Gasteiger partial charge is 0.340 e. The van der Waals surface area contributed by atoms with E-state index in [2.05, 4.69) is 16.9 Å². The van der Waals surface area contributed by atoms with E-state index in [0.717, 1.165) is 29.1 Å². The van der Waals surface area contributed by atoms with Gasteiger partial charge in [0.15, 0.2) is 0 Å². The molecule has 6 nitrogen and oxygen atoms in total. The maximum Gasteiger partial charge on any atom is 0.340 e. The summed E-state index contributed by atoms with van der Waals surface area (Å²) >= 11 is 0. The van der Waals surface area contributed by atoms with Gasteiger partial charge in [0, 0.05) is 37.1 Å². The number of carbonyl (C=O) groups is 1. The van der Waals surface area contributed by atoms with Crippen LogP contribution in [0, 0.1) is 18.7 Å². The van der Waals surface area contributed by atoms with Crippen LogP contribution in [0.4, 0.5) is 15.8 Å². The number of esters is 1. The molecule has 1 aromatic heterocycles. The van der Waals surface area contributed by atoms with Crippen LogP contribution in [0.3, 0.4) is 0 Å². The van der Waals surface area contributed by atoms with Gasteiger partial charge in [0.25, 0.3) is 0 Å². The molecule has 0 aliphatic carbocycles. The maximum absolute atomic E-state index is 14.0. The number of nitrogens with zero attached hydrogens (tertiary/aromatic N) is 2. The van der Waals surface area contributed by atoms with E-state index < -0.39 is 5.97 Å². The predicted molar refractivity (Wildman–Crippen MR) is 129 cm³/mol. The first-order chi connectivity index (χ1) is 15.8. The molecule has 2 heterocycles.